The van der Waals surface area contributed by atoms with Crippen molar-refractivity contribution in [1.29, 1.82) is 0 Å². The molecule has 0 heterocycles. The highest BCUT2D eigenvalue weighted by molar-refractivity contribution is 7.98. The van der Waals surface area contributed by atoms with Crippen molar-refractivity contribution in [3.63, 3.8) is 0 Å². The van der Waals surface area contributed by atoms with Crippen molar-refractivity contribution in [2.75, 3.05) is 12.0 Å². The van der Waals surface area contributed by atoms with Gasteiger partial charge in [-0.15, -0.1) is 0 Å². The molecule has 34 heavy (non-hydrogen) atoms. The lowest BCUT2D eigenvalue weighted by Crippen LogP contribution is -2.41. The number of aliphatic carboxylic acids is 1. The van der Waals surface area contributed by atoms with Gasteiger partial charge in [-0.2, -0.15) is 11.8 Å². The van der Waals surface area contributed by atoms with Crippen molar-refractivity contribution >= 4 is 29.7 Å². The Hall–Kier alpha value is -2.53. The van der Waals surface area contributed by atoms with Crippen LogP contribution in [0.15, 0.2) is 48.5 Å². The average molecular weight is 480 g/mol. The van der Waals surface area contributed by atoms with Gasteiger partial charge in [0, 0.05) is 5.56 Å². The van der Waals surface area contributed by atoms with E-state index in [1.165, 1.54) is 38.5 Å². The fourth-order valence-electron chi connectivity index (χ4n) is 4.72. The van der Waals surface area contributed by atoms with Gasteiger partial charge in [0.1, 0.15) is 6.04 Å². The van der Waals surface area contributed by atoms with Gasteiger partial charge in [-0.3, -0.25) is 4.79 Å². The molecule has 0 spiro atoms. The third-order valence-corrected chi connectivity index (χ3v) is 7.36. The van der Waals surface area contributed by atoms with E-state index in [1.807, 2.05) is 55.6 Å². The number of carboxylic acid groups (broad SMARTS) is 1. The average Bonchev–Trinajstić information content (AvgIpc) is 2.85. The highest BCUT2D eigenvalue weighted by atomic mass is 32.2. The monoisotopic (exact) mass is 479 g/mol. The third kappa shape index (κ3) is 7.49. The van der Waals surface area contributed by atoms with E-state index in [9.17, 15) is 14.7 Å². The van der Waals surface area contributed by atoms with Crippen LogP contribution in [0.5, 0.6) is 0 Å². The first kappa shape index (κ1) is 26.1. The Labute approximate surface area is 208 Å². The fourth-order valence-corrected chi connectivity index (χ4v) is 5.19. The van der Waals surface area contributed by atoms with Crippen molar-refractivity contribution in [1.82, 2.24) is 5.32 Å². The molecule has 0 bridgehead atoms. The Bertz CT molecular complexity index is 995. The maximum atomic E-state index is 13.2. The van der Waals surface area contributed by atoms with Crippen LogP contribution in [0.2, 0.25) is 0 Å². The molecule has 4 nitrogen and oxygen atoms in total. The molecule has 1 amide bonds. The number of hydrogen-bond acceptors (Lipinski definition) is 3. The van der Waals surface area contributed by atoms with E-state index >= 15 is 0 Å². The smallest absolute Gasteiger partial charge is 0.326 e. The standard InChI is InChI=1S/C29H37NO3S/c1-21-10-6-9-15-24(21)26-20-23(14-8-7-13-22-11-4-3-5-12-22)16-17-25(26)28(31)30-27(29(32)33)18-19-34-2/h6,8-10,14-17,20,22,27H,3-5,7,11-13,18-19H2,1-2H3,(H,30,31)(H,32,33)/t27-/m0/s1. The van der Waals surface area contributed by atoms with E-state index in [0.29, 0.717) is 17.7 Å². The minimum atomic E-state index is -1.00. The van der Waals surface area contributed by atoms with E-state index in [1.54, 1.807) is 11.8 Å². The van der Waals surface area contributed by atoms with Crippen molar-refractivity contribution in [2.24, 2.45) is 5.92 Å². The van der Waals surface area contributed by atoms with Crippen molar-refractivity contribution < 1.29 is 14.7 Å². The molecule has 1 atom stereocenters. The van der Waals surface area contributed by atoms with Crippen LogP contribution in [0.25, 0.3) is 17.2 Å². The van der Waals surface area contributed by atoms with Crippen LogP contribution < -0.4 is 5.32 Å². The largest absolute Gasteiger partial charge is 0.480 e. The molecular formula is C29H37NO3S. The predicted molar refractivity (Wildman–Crippen MR) is 143 cm³/mol. The summed E-state index contributed by atoms with van der Waals surface area (Å²) >= 11 is 1.57. The minimum Gasteiger partial charge on any atom is -0.480 e. The van der Waals surface area contributed by atoms with Gasteiger partial charge >= 0.3 is 5.97 Å². The molecule has 2 aromatic carbocycles. The van der Waals surface area contributed by atoms with E-state index in [-0.39, 0.29) is 5.91 Å². The van der Waals surface area contributed by atoms with Gasteiger partial charge < -0.3 is 10.4 Å². The number of amides is 1. The number of nitrogens with one attached hydrogen (secondary N) is 1. The lowest BCUT2D eigenvalue weighted by molar-refractivity contribution is -0.139. The normalized spacial score (nSPS) is 15.4. The summed E-state index contributed by atoms with van der Waals surface area (Å²) in [6, 6.07) is 12.9. The summed E-state index contributed by atoms with van der Waals surface area (Å²) < 4.78 is 0. The van der Waals surface area contributed by atoms with Crippen LogP contribution in [0, 0.1) is 12.8 Å². The maximum absolute atomic E-state index is 13.2. The van der Waals surface area contributed by atoms with Gasteiger partial charge in [0.05, 0.1) is 0 Å². The molecule has 1 aliphatic carbocycles. The first-order valence-electron chi connectivity index (χ1n) is 12.4. The maximum Gasteiger partial charge on any atom is 0.326 e. The zero-order chi connectivity index (χ0) is 24.3. The molecule has 0 aromatic heterocycles. The first-order chi connectivity index (χ1) is 16.5. The Kier molecular flexibility index (Phi) is 10.3. The number of benzene rings is 2. The van der Waals surface area contributed by atoms with Crippen LogP contribution >= 0.6 is 11.8 Å². The molecule has 0 radical (unpaired) electrons. The van der Waals surface area contributed by atoms with Gasteiger partial charge in [0.25, 0.3) is 5.91 Å². The minimum absolute atomic E-state index is 0.348. The molecule has 0 aliphatic heterocycles. The van der Waals surface area contributed by atoms with Crippen molar-refractivity contribution in [2.45, 2.75) is 64.3 Å². The first-order valence-corrected chi connectivity index (χ1v) is 13.8. The van der Waals surface area contributed by atoms with Crippen LogP contribution in [0.4, 0.5) is 0 Å². The van der Waals surface area contributed by atoms with Gasteiger partial charge in [0.2, 0.25) is 0 Å². The Morgan fingerprint density at radius 1 is 1.12 bits per heavy atom. The number of allylic oxidation sites excluding steroid dienone is 1. The van der Waals surface area contributed by atoms with Crippen LogP contribution in [-0.4, -0.2) is 35.0 Å². The Morgan fingerprint density at radius 3 is 2.59 bits per heavy atom. The van der Waals surface area contributed by atoms with E-state index < -0.39 is 12.0 Å². The van der Waals surface area contributed by atoms with Crippen molar-refractivity contribution in [3.05, 3.63) is 65.2 Å². The van der Waals surface area contributed by atoms with E-state index in [2.05, 4.69) is 17.5 Å². The summed E-state index contributed by atoms with van der Waals surface area (Å²) in [6.45, 7) is 2.03. The second-order valence-electron chi connectivity index (χ2n) is 9.25. The molecule has 0 unspecified atom stereocenters. The summed E-state index contributed by atoms with van der Waals surface area (Å²) in [7, 11) is 0. The number of rotatable bonds is 11. The lowest BCUT2D eigenvalue weighted by atomic mass is 9.86. The SMILES string of the molecule is CSCC[C@H](NC(=O)c1ccc(C=CCCC2CCCCC2)cc1-c1ccccc1C)C(=O)O. The number of carboxylic acids is 1. The van der Waals surface area contributed by atoms with Gasteiger partial charge in [-0.25, -0.2) is 4.79 Å². The second kappa shape index (κ2) is 13.4. The topological polar surface area (TPSA) is 66.4 Å². The molecule has 5 heteroatoms. The molecule has 1 fully saturated rings. The molecule has 2 aromatic rings. The fraction of sp³-hybridized carbons (Fsp3) is 0.448. The van der Waals surface area contributed by atoms with Crippen LogP contribution in [-0.2, 0) is 4.79 Å². The molecular weight excluding hydrogens is 442 g/mol. The molecule has 3 rings (SSSR count). The van der Waals surface area contributed by atoms with Crippen molar-refractivity contribution in [3.8, 4) is 11.1 Å². The van der Waals surface area contributed by atoms with Gasteiger partial charge in [-0.1, -0.05) is 74.6 Å². The Balaban J connectivity index is 1.81. The number of carbonyl (C=O) groups excluding carboxylic acids is 1. The van der Waals surface area contributed by atoms with E-state index in [4.69, 9.17) is 0 Å². The highest BCUT2D eigenvalue weighted by Gasteiger charge is 2.22. The molecule has 1 saturated carbocycles. The molecule has 1 aliphatic rings. The number of thioether (sulfide) groups is 1. The van der Waals surface area contributed by atoms with E-state index in [0.717, 1.165) is 34.6 Å². The number of hydrogen-bond donors (Lipinski definition) is 2. The molecule has 0 saturated heterocycles. The second-order valence-corrected chi connectivity index (χ2v) is 10.2. The quantitative estimate of drug-likeness (QED) is 0.365. The predicted octanol–water partition coefficient (Wildman–Crippen LogP) is 6.97. The van der Waals surface area contributed by atoms with Gasteiger partial charge in [-0.05, 0) is 78.5 Å². The lowest BCUT2D eigenvalue weighted by Gasteiger charge is -2.20. The number of carbonyl (C=O) groups is 2. The summed E-state index contributed by atoms with van der Waals surface area (Å²) in [5.74, 6) is 0.184. The summed E-state index contributed by atoms with van der Waals surface area (Å²) in [5.41, 5.74) is 4.45. The van der Waals surface area contributed by atoms with Crippen LogP contribution in [0.1, 0.15) is 72.9 Å². The summed E-state index contributed by atoms with van der Waals surface area (Å²) in [5, 5.41) is 12.3. The van der Waals surface area contributed by atoms with Gasteiger partial charge in [0.15, 0.2) is 0 Å². The zero-order valence-corrected chi connectivity index (χ0v) is 21.2. The van der Waals surface area contributed by atoms with Crippen LogP contribution in [0.3, 0.4) is 0 Å². The Morgan fingerprint density at radius 2 is 1.88 bits per heavy atom. The summed E-state index contributed by atoms with van der Waals surface area (Å²) in [6.07, 6.45) is 15.9. The molecule has 182 valence electrons. The number of aryl methyl sites for hydroxylation is 1. The highest BCUT2D eigenvalue weighted by Crippen LogP contribution is 2.30. The summed E-state index contributed by atoms with van der Waals surface area (Å²) in [4.78, 5) is 24.8. The zero-order valence-electron chi connectivity index (χ0n) is 20.4. The molecule has 2 N–H and O–H groups in total. The third-order valence-electron chi connectivity index (χ3n) is 6.71.